The van der Waals surface area contributed by atoms with Crippen LogP contribution in [0.1, 0.15) is 25.6 Å². The summed E-state index contributed by atoms with van der Waals surface area (Å²) in [5.74, 6) is -0.895. The summed E-state index contributed by atoms with van der Waals surface area (Å²) in [7, 11) is 1.50. The van der Waals surface area contributed by atoms with Crippen LogP contribution in [0.25, 0.3) is 0 Å². The minimum absolute atomic E-state index is 0.104. The summed E-state index contributed by atoms with van der Waals surface area (Å²) in [6.07, 6.45) is -3.27. The van der Waals surface area contributed by atoms with E-state index in [9.17, 15) is 18.3 Å². The first-order valence-corrected chi connectivity index (χ1v) is 6.33. The average Bonchev–Trinajstić information content (AvgIpc) is 2.36. The molecule has 0 saturated carbocycles. The second-order valence-electron chi connectivity index (χ2n) is 5.20. The lowest BCUT2D eigenvalue weighted by Crippen LogP contribution is -2.46. The molecule has 2 N–H and O–H groups in total. The lowest BCUT2D eigenvalue weighted by molar-refractivity contribution is -0.144. The zero-order chi connectivity index (χ0) is 15.0. The number of nitrogens with one attached hydrogen (secondary N) is 1. The largest absolute Gasteiger partial charge is 0.451 e. The van der Waals surface area contributed by atoms with Crippen molar-refractivity contribution in [3.8, 4) is 0 Å². The minimum Gasteiger partial charge on any atom is -0.388 e. The fourth-order valence-corrected chi connectivity index (χ4v) is 2.27. The van der Waals surface area contributed by atoms with Crippen LogP contribution in [0, 0.1) is 0 Å². The van der Waals surface area contributed by atoms with Gasteiger partial charge in [-0.2, -0.15) is 13.2 Å². The molecule has 0 aliphatic carbocycles. The summed E-state index contributed by atoms with van der Waals surface area (Å²) in [6, 6.07) is 1.46. The molecule has 1 saturated heterocycles. The van der Waals surface area contributed by atoms with Crippen molar-refractivity contribution in [2.75, 3.05) is 30.4 Å². The molecule has 2 rings (SSSR count). The van der Waals surface area contributed by atoms with Crippen LogP contribution in [-0.2, 0) is 6.18 Å². The van der Waals surface area contributed by atoms with Gasteiger partial charge in [-0.15, -0.1) is 0 Å². The number of piperidine rings is 1. The molecule has 5 nitrogen and oxygen atoms in total. The lowest BCUT2D eigenvalue weighted by atomic mass is 9.95. The van der Waals surface area contributed by atoms with Crippen molar-refractivity contribution in [1.82, 2.24) is 9.97 Å². The second kappa shape index (κ2) is 5.08. The van der Waals surface area contributed by atoms with Crippen molar-refractivity contribution in [3.05, 3.63) is 11.9 Å². The highest BCUT2D eigenvalue weighted by Gasteiger charge is 2.37. The molecule has 1 aliphatic rings. The average molecular weight is 290 g/mol. The highest BCUT2D eigenvalue weighted by molar-refractivity contribution is 5.50. The third-order valence-corrected chi connectivity index (χ3v) is 3.22. The SMILES string of the molecule is CNc1cc(N2CCCC(C)(O)C2)nc(C(F)(F)F)n1. The summed E-state index contributed by atoms with van der Waals surface area (Å²) < 4.78 is 38.3. The molecule has 20 heavy (non-hydrogen) atoms. The molecule has 1 aromatic heterocycles. The Morgan fingerprint density at radius 2 is 2.10 bits per heavy atom. The normalized spacial score (nSPS) is 23.8. The highest BCUT2D eigenvalue weighted by Crippen LogP contribution is 2.31. The fourth-order valence-electron chi connectivity index (χ4n) is 2.27. The van der Waals surface area contributed by atoms with Gasteiger partial charge in [0.15, 0.2) is 0 Å². The predicted octanol–water partition coefficient (Wildman–Crippen LogP) is 1.89. The maximum absolute atomic E-state index is 12.8. The van der Waals surface area contributed by atoms with Crippen LogP contribution in [0.5, 0.6) is 0 Å². The smallest absolute Gasteiger partial charge is 0.388 e. The van der Waals surface area contributed by atoms with E-state index in [1.54, 1.807) is 11.8 Å². The molecule has 0 amide bonds. The quantitative estimate of drug-likeness (QED) is 0.871. The van der Waals surface area contributed by atoms with Gasteiger partial charge in [0.25, 0.3) is 0 Å². The van der Waals surface area contributed by atoms with Gasteiger partial charge in [0, 0.05) is 26.2 Å². The van der Waals surface area contributed by atoms with E-state index in [0.717, 1.165) is 0 Å². The van der Waals surface area contributed by atoms with Gasteiger partial charge in [-0.25, -0.2) is 9.97 Å². The van der Waals surface area contributed by atoms with Crippen molar-refractivity contribution in [3.63, 3.8) is 0 Å². The van der Waals surface area contributed by atoms with Crippen molar-refractivity contribution in [1.29, 1.82) is 0 Å². The Morgan fingerprint density at radius 1 is 1.40 bits per heavy atom. The molecule has 0 bridgehead atoms. The Bertz CT molecular complexity index is 490. The van der Waals surface area contributed by atoms with Gasteiger partial charge < -0.3 is 15.3 Å². The van der Waals surface area contributed by atoms with Gasteiger partial charge >= 0.3 is 6.18 Å². The molecule has 1 fully saturated rings. The standard InChI is InChI=1S/C12H17F3N4O/c1-11(20)4-3-5-19(7-11)9-6-8(16-2)17-10(18-9)12(13,14)15/h6,20H,3-5,7H2,1-2H3,(H,16,17,18). The van der Waals surface area contributed by atoms with E-state index in [0.29, 0.717) is 19.4 Å². The maximum Gasteiger partial charge on any atom is 0.451 e. The number of rotatable bonds is 2. The third kappa shape index (κ3) is 3.30. The zero-order valence-electron chi connectivity index (χ0n) is 11.3. The Kier molecular flexibility index (Phi) is 3.77. The number of anilines is 2. The van der Waals surface area contributed by atoms with Gasteiger partial charge in [0.05, 0.1) is 5.60 Å². The van der Waals surface area contributed by atoms with E-state index < -0.39 is 17.6 Å². The molecule has 0 spiro atoms. The van der Waals surface area contributed by atoms with Gasteiger partial charge in [-0.1, -0.05) is 0 Å². The minimum atomic E-state index is -4.60. The summed E-state index contributed by atoms with van der Waals surface area (Å²) in [5.41, 5.74) is -0.915. The van der Waals surface area contributed by atoms with E-state index >= 15 is 0 Å². The van der Waals surface area contributed by atoms with Crippen LogP contribution in [0.4, 0.5) is 24.8 Å². The number of aliphatic hydroxyl groups is 1. The number of hydrogen-bond donors (Lipinski definition) is 2. The Balaban J connectivity index is 2.36. The summed E-state index contributed by atoms with van der Waals surface area (Å²) in [4.78, 5) is 8.65. The van der Waals surface area contributed by atoms with Crippen molar-refractivity contribution < 1.29 is 18.3 Å². The number of nitrogens with zero attached hydrogens (tertiary/aromatic N) is 3. The van der Waals surface area contributed by atoms with E-state index in [1.165, 1.54) is 13.1 Å². The van der Waals surface area contributed by atoms with Crippen LogP contribution in [0.15, 0.2) is 6.07 Å². The number of alkyl halides is 3. The molecule has 0 aromatic carbocycles. The number of halogens is 3. The first-order chi connectivity index (χ1) is 9.21. The Hall–Kier alpha value is -1.57. The van der Waals surface area contributed by atoms with Gasteiger partial charge in [0.1, 0.15) is 11.6 Å². The van der Waals surface area contributed by atoms with Gasteiger partial charge in [0.2, 0.25) is 5.82 Å². The lowest BCUT2D eigenvalue weighted by Gasteiger charge is -2.37. The van der Waals surface area contributed by atoms with Crippen LogP contribution in [0.2, 0.25) is 0 Å². The zero-order valence-corrected chi connectivity index (χ0v) is 11.3. The van der Waals surface area contributed by atoms with E-state index in [4.69, 9.17) is 0 Å². The molecule has 2 heterocycles. The molecule has 112 valence electrons. The third-order valence-electron chi connectivity index (χ3n) is 3.22. The van der Waals surface area contributed by atoms with Crippen LogP contribution in [0.3, 0.4) is 0 Å². The number of aromatic nitrogens is 2. The van der Waals surface area contributed by atoms with Gasteiger partial charge in [-0.3, -0.25) is 0 Å². The molecule has 1 unspecified atom stereocenters. The predicted molar refractivity (Wildman–Crippen MR) is 68.7 cm³/mol. The van der Waals surface area contributed by atoms with Crippen molar-refractivity contribution in [2.24, 2.45) is 0 Å². The summed E-state index contributed by atoms with van der Waals surface area (Å²) >= 11 is 0. The molecule has 1 atom stereocenters. The van der Waals surface area contributed by atoms with E-state index in [1.807, 2.05) is 0 Å². The first-order valence-electron chi connectivity index (χ1n) is 6.33. The molecule has 8 heteroatoms. The number of β-amino-alcohol motifs (C(OH)–C–C–N with tert-alkyl or cyclic N) is 1. The molecule has 0 radical (unpaired) electrons. The maximum atomic E-state index is 12.8. The molecule has 1 aromatic rings. The Morgan fingerprint density at radius 3 is 2.65 bits per heavy atom. The first kappa shape index (κ1) is 14.8. The molecular weight excluding hydrogens is 273 g/mol. The monoisotopic (exact) mass is 290 g/mol. The van der Waals surface area contributed by atoms with E-state index in [2.05, 4.69) is 15.3 Å². The van der Waals surface area contributed by atoms with Gasteiger partial charge in [-0.05, 0) is 19.8 Å². The summed E-state index contributed by atoms with van der Waals surface area (Å²) in [5, 5.41) is 12.6. The highest BCUT2D eigenvalue weighted by atomic mass is 19.4. The second-order valence-corrected chi connectivity index (χ2v) is 5.20. The molecular formula is C12H17F3N4O. The van der Waals surface area contributed by atoms with Crippen molar-refractivity contribution >= 4 is 11.6 Å². The Labute approximate surface area is 114 Å². The van der Waals surface area contributed by atoms with Crippen LogP contribution < -0.4 is 10.2 Å². The number of hydrogen-bond acceptors (Lipinski definition) is 5. The fraction of sp³-hybridized carbons (Fsp3) is 0.667. The molecule has 1 aliphatic heterocycles. The van der Waals surface area contributed by atoms with Crippen LogP contribution >= 0.6 is 0 Å². The van der Waals surface area contributed by atoms with E-state index in [-0.39, 0.29) is 18.2 Å². The van der Waals surface area contributed by atoms with Crippen LogP contribution in [-0.4, -0.2) is 40.8 Å². The summed E-state index contributed by atoms with van der Waals surface area (Å²) in [6.45, 7) is 2.49. The topological polar surface area (TPSA) is 61.3 Å². The van der Waals surface area contributed by atoms with Crippen molar-refractivity contribution in [2.45, 2.75) is 31.5 Å².